The van der Waals surface area contributed by atoms with E-state index in [9.17, 15) is 9.59 Å². The lowest BCUT2D eigenvalue weighted by Gasteiger charge is -2.18. The lowest BCUT2D eigenvalue weighted by atomic mass is 10.2. The SMILES string of the molecule is CCN(CC)CNC(=O)c1ccc(C(=O)Nc2ccccc2N)nc1. The van der Waals surface area contributed by atoms with Gasteiger partial charge < -0.3 is 16.4 Å². The molecule has 0 aliphatic rings. The molecule has 0 aliphatic carbocycles. The zero-order chi connectivity index (χ0) is 18.2. The van der Waals surface area contributed by atoms with Crippen LogP contribution in [0.4, 0.5) is 11.4 Å². The number of aromatic nitrogens is 1. The molecule has 0 unspecified atom stereocenters. The molecule has 0 spiro atoms. The monoisotopic (exact) mass is 341 g/mol. The predicted molar refractivity (Wildman–Crippen MR) is 98.3 cm³/mol. The van der Waals surface area contributed by atoms with Gasteiger partial charge in [0.2, 0.25) is 0 Å². The molecular formula is C18H23N5O2. The van der Waals surface area contributed by atoms with Crippen LogP contribution in [0.15, 0.2) is 42.6 Å². The summed E-state index contributed by atoms with van der Waals surface area (Å²) in [6.45, 7) is 6.25. The van der Waals surface area contributed by atoms with Crippen LogP contribution in [0.5, 0.6) is 0 Å². The number of carbonyl (C=O) groups is 2. The maximum atomic E-state index is 12.2. The Labute approximate surface area is 147 Å². The van der Waals surface area contributed by atoms with Crippen molar-refractivity contribution in [3.05, 3.63) is 53.9 Å². The summed E-state index contributed by atoms with van der Waals surface area (Å²) in [5, 5.41) is 5.52. The molecule has 0 saturated carbocycles. The quantitative estimate of drug-likeness (QED) is 0.528. The van der Waals surface area contributed by atoms with Gasteiger partial charge in [0.05, 0.1) is 23.6 Å². The zero-order valence-electron chi connectivity index (χ0n) is 14.5. The summed E-state index contributed by atoms with van der Waals surface area (Å²) in [4.78, 5) is 30.5. The smallest absolute Gasteiger partial charge is 0.274 e. The Hall–Kier alpha value is -2.93. The number of rotatable bonds is 7. The summed E-state index contributed by atoms with van der Waals surface area (Å²) in [7, 11) is 0. The third kappa shape index (κ3) is 5.02. The van der Waals surface area contributed by atoms with Gasteiger partial charge in [0.15, 0.2) is 0 Å². The molecule has 7 heteroatoms. The van der Waals surface area contributed by atoms with Crippen LogP contribution in [0.3, 0.4) is 0 Å². The number of amides is 2. The molecule has 0 atom stereocenters. The van der Waals surface area contributed by atoms with Gasteiger partial charge in [-0.25, -0.2) is 0 Å². The first kappa shape index (κ1) is 18.4. The van der Waals surface area contributed by atoms with Gasteiger partial charge in [-0.2, -0.15) is 0 Å². The summed E-state index contributed by atoms with van der Waals surface area (Å²) in [6.07, 6.45) is 1.39. The molecule has 132 valence electrons. The number of para-hydroxylation sites is 2. The van der Waals surface area contributed by atoms with Gasteiger partial charge in [0, 0.05) is 6.20 Å². The fourth-order valence-electron chi connectivity index (χ4n) is 2.19. The van der Waals surface area contributed by atoms with E-state index in [1.54, 1.807) is 30.3 Å². The second-order valence-corrected chi connectivity index (χ2v) is 5.44. The Morgan fingerprint density at radius 3 is 2.40 bits per heavy atom. The number of hydrogen-bond donors (Lipinski definition) is 3. The number of benzene rings is 1. The van der Waals surface area contributed by atoms with Crippen molar-refractivity contribution in [1.82, 2.24) is 15.2 Å². The third-order valence-corrected chi connectivity index (χ3v) is 3.82. The van der Waals surface area contributed by atoms with Gasteiger partial charge in [-0.1, -0.05) is 26.0 Å². The van der Waals surface area contributed by atoms with Crippen molar-refractivity contribution >= 4 is 23.2 Å². The Bertz CT molecular complexity index is 727. The molecule has 7 nitrogen and oxygen atoms in total. The fourth-order valence-corrected chi connectivity index (χ4v) is 2.19. The third-order valence-electron chi connectivity index (χ3n) is 3.82. The molecule has 0 bridgehead atoms. The highest BCUT2D eigenvalue weighted by Gasteiger charge is 2.12. The van der Waals surface area contributed by atoms with Crippen LogP contribution in [0.25, 0.3) is 0 Å². The van der Waals surface area contributed by atoms with Crippen LogP contribution < -0.4 is 16.4 Å². The minimum atomic E-state index is -0.381. The second-order valence-electron chi connectivity index (χ2n) is 5.44. The number of hydrogen-bond acceptors (Lipinski definition) is 5. The average Bonchev–Trinajstić information content (AvgIpc) is 2.64. The van der Waals surface area contributed by atoms with Gasteiger partial charge in [0.1, 0.15) is 5.69 Å². The molecule has 0 radical (unpaired) electrons. The van der Waals surface area contributed by atoms with Gasteiger partial charge in [-0.15, -0.1) is 0 Å². The Balaban J connectivity index is 1.98. The standard InChI is InChI=1S/C18H23N5O2/c1-3-23(4-2)12-21-17(24)13-9-10-16(20-11-13)18(25)22-15-8-6-5-7-14(15)19/h5-11H,3-4,12,19H2,1-2H3,(H,21,24)(H,22,25). The number of nitrogens with two attached hydrogens (primary N) is 1. The van der Waals surface area contributed by atoms with E-state index in [-0.39, 0.29) is 17.5 Å². The Morgan fingerprint density at radius 2 is 1.80 bits per heavy atom. The summed E-state index contributed by atoms with van der Waals surface area (Å²) in [5.74, 6) is -0.605. The normalized spacial score (nSPS) is 10.5. The molecule has 0 saturated heterocycles. The highest BCUT2D eigenvalue weighted by atomic mass is 16.2. The lowest BCUT2D eigenvalue weighted by Crippen LogP contribution is -2.37. The fraction of sp³-hybridized carbons (Fsp3) is 0.278. The molecule has 2 aromatic rings. The number of nitrogens with zero attached hydrogens (tertiary/aromatic N) is 2. The number of nitrogens with one attached hydrogen (secondary N) is 2. The van der Waals surface area contributed by atoms with Crippen molar-refractivity contribution in [3.8, 4) is 0 Å². The maximum Gasteiger partial charge on any atom is 0.274 e. The van der Waals surface area contributed by atoms with Gasteiger partial charge in [-0.3, -0.25) is 19.5 Å². The van der Waals surface area contributed by atoms with Gasteiger partial charge in [-0.05, 0) is 37.4 Å². The van der Waals surface area contributed by atoms with Crippen molar-refractivity contribution in [1.29, 1.82) is 0 Å². The topological polar surface area (TPSA) is 100 Å². The van der Waals surface area contributed by atoms with E-state index in [4.69, 9.17) is 5.73 Å². The van der Waals surface area contributed by atoms with Crippen molar-refractivity contribution in [2.75, 3.05) is 30.8 Å². The van der Waals surface area contributed by atoms with Crippen molar-refractivity contribution in [3.63, 3.8) is 0 Å². The first-order chi connectivity index (χ1) is 12.0. The molecule has 4 N–H and O–H groups in total. The number of nitrogen functional groups attached to an aromatic ring is 1. The Kier molecular flexibility index (Phi) is 6.47. The summed E-state index contributed by atoms with van der Waals surface area (Å²) >= 11 is 0. The minimum Gasteiger partial charge on any atom is -0.397 e. The van der Waals surface area contributed by atoms with E-state index in [2.05, 4.69) is 20.5 Å². The number of carbonyl (C=O) groups excluding carboxylic acids is 2. The van der Waals surface area contributed by atoms with E-state index in [1.807, 2.05) is 13.8 Å². The molecule has 1 heterocycles. The van der Waals surface area contributed by atoms with E-state index in [0.29, 0.717) is 23.6 Å². The molecule has 0 aliphatic heterocycles. The van der Waals surface area contributed by atoms with E-state index < -0.39 is 0 Å². The second kappa shape index (κ2) is 8.79. The highest BCUT2D eigenvalue weighted by molar-refractivity contribution is 6.04. The summed E-state index contributed by atoms with van der Waals surface area (Å²) in [5.41, 5.74) is 7.42. The van der Waals surface area contributed by atoms with Gasteiger partial charge >= 0.3 is 0 Å². The largest absolute Gasteiger partial charge is 0.397 e. The predicted octanol–water partition coefficient (Wildman–Crippen LogP) is 1.95. The van der Waals surface area contributed by atoms with E-state index >= 15 is 0 Å². The number of anilines is 2. The van der Waals surface area contributed by atoms with E-state index in [1.165, 1.54) is 12.3 Å². The first-order valence-electron chi connectivity index (χ1n) is 8.17. The lowest BCUT2D eigenvalue weighted by molar-refractivity contribution is 0.0924. The van der Waals surface area contributed by atoms with Gasteiger partial charge in [0.25, 0.3) is 11.8 Å². The van der Waals surface area contributed by atoms with Crippen molar-refractivity contribution < 1.29 is 9.59 Å². The number of pyridine rings is 1. The first-order valence-corrected chi connectivity index (χ1v) is 8.17. The van der Waals surface area contributed by atoms with Crippen LogP contribution in [-0.2, 0) is 0 Å². The Morgan fingerprint density at radius 1 is 1.08 bits per heavy atom. The van der Waals surface area contributed by atoms with Crippen LogP contribution >= 0.6 is 0 Å². The highest BCUT2D eigenvalue weighted by Crippen LogP contribution is 2.17. The molecule has 1 aromatic heterocycles. The van der Waals surface area contributed by atoms with Crippen LogP contribution in [-0.4, -0.2) is 41.5 Å². The molecule has 1 aromatic carbocycles. The summed E-state index contributed by atoms with van der Waals surface area (Å²) < 4.78 is 0. The average molecular weight is 341 g/mol. The van der Waals surface area contributed by atoms with Crippen molar-refractivity contribution in [2.24, 2.45) is 0 Å². The molecule has 2 rings (SSSR count). The van der Waals surface area contributed by atoms with Crippen molar-refractivity contribution in [2.45, 2.75) is 13.8 Å². The zero-order valence-corrected chi connectivity index (χ0v) is 14.5. The minimum absolute atomic E-state index is 0.212. The molecule has 0 fully saturated rings. The summed E-state index contributed by atoms with van der Waals surface area (Å²) in [6, 6.07) is 10.1. The molecular weight excluding hydrogens is 318 g/mol. The van der Waals surface area contributed by atoms with Crippen LogP contribution in [0, 0.1) is 0 Å². The maximum absolute atomic E-state index is 12.2. The van der Waals surface area contributed by atoms with E-state index in [0.717, 1.165) is 13.1 Å². The molecule has 2 amide bonds. The van der Waals surface area contributed by atoms with Crippen LogP contribution in [0.1, 0.15) is 34.7 Å². The van der Waals surface area contributed by atoms with Crippen LogP contribution in [0.2, 0.25) is 0 Å². The molecule has 25 heavy (non-hydrogen) atoms.